The molecule has 160 valence electrons. The second kappa shape index (κ2) is 8.81. The minimum atomic E-state index is -0.508. The lowest BCUT2D eigenvalue weighted by Crippen LogP contribution is -2.53. The highest BCUT2D eigenvalue weighted by atomic mass is 35.5. The Kier molecular flexibility index (Phi) is 6.56. The molecule has 1 N–H and O–H groups in total. The number of hydrogen-bond acceptors (Lipinski definition) is 2. The van der Waals surface area contributed by atoms with Gasteiger partial charge >= 0.3 is 6.03 Å². The molecule has 2 aromatic rings. The molecule has 0 fully saturated rings. The Morgan fingerprint density at radius 1 is 1.13 bits per heavy atom. The van der Waals surface area contributed by atoms with Gasteiger partial charge in [0.25, 0.3) is 0 Å². The molecule has 4 nitrogen and oxygen atoms in total. The van der Waals surface area contributed by atoms with Crippen LogP contribution in [0.5, 0.6) is 0 Å². The van der Waals surface area contributed by atoms with E-state index in [-0.39, 0.29) is 11.9 Å². The molecule has 3 rings (SSSR count). The fraction of sp³-hybridized carbons (Fsp3) is 0.440. The molecular weight excluding hydrogens is 394 g/mol. The van der Waals surface area contributed by atoms with Crippen molar-refractivity contribution in [3.05, 3.63) is 70.7 Å². The number of halogens is 1. The molecule has 30 heavy (non-hydrogen) atoms. The Bertz CT molecular complexity index is 904. The van der Waals surface area contributed by atoms with Crippen molar-refractivity contribution < 1.29 is 4.79 Å². The highest BCUT2D eigenvalue weighted by Crippen LogP contribution is 2.42. The van der Waals surface area contributed by atoms with Gasteiger partial charge in [-0.05, 0) is 63.8 Å². The second-order valence-corrected chi connectivity index (χ2v) is 9.50. The van der Waals surface area contributed by atoms with Crippen LogP contribution in [0.3, 0.4) is 0 Å². The summed E-state index contributed by atoms with van der Waals surface area (Å²) in [4.78, 5) is 13.4. The van der Waals surface area contributed by atoms with Crippen molar-refractivity contribution in [1.82, 2.24) is 10.3 Å². The predicted molar refractivity (Wildman–Crippen MR) is 125 cm³/mol. The normalized spacial score (nSPS) is 18.3. The van der Waals surface area contributed by atoms with Gasteiger partial charge in [-0.2, -0.15) is 5.10 Å². The Hall–Kier alpha value is -2.33. The van der Waals surface area contributed by atoms with E-state index >= 15 is 0 Å². The number of unbranched alkanes of at least 4 members (excludes halogenated alkanes) is 1. The summed E-state index contributed by atoms with van der Waals surface area (Å²) < 4.78 is 0. The summed E-state index contributed by atoms with van der Waals surface area (Å²) >= 11 is 6.11. The summed E-state index contributed by atoms with van der Waals surface area (Å²) in [5, 5.41) is 10.4. The number of hydrogen-bond donors (Lipinski definition) is 1. The number of benzene rings is 2. The van der Waals surface area contributed by atoms with E-state index in [0.717, 1.165) is 36.1 Å². The number of amides is 2. The van der Waals surface area contributed by atoms with E-state index in [9.17, 15) is 4.79 Å². The van der Waals surface area contributed by atoms with Crippen LogP contribution in [0.4, 0.5) is 4.79 Å². The van der Waals surface area contributed by atoms with Crippen molar-refractivity contribution in [2.75, 3.05) is 0 Å². The largest absolute Gasteiger partial charge is 0.339 e. The van der Waals surface area contributed by atoms with Gasteiger partial charge in [0.2, 0.25) is 0 Å². The molecular formula is C25H32ClN3O. The molecule has 2 aromatic carbocycles. The van der Waals surface area contributed by atoms with Crippen molar-refractivity contribution in [2.24, 2.45) is 5.10 Å². The molecule has 1 atom stereocenters. The van der Waals surface area contributed by atoms with Gasteiger partial charge in [-0.3, -0.25) is 0 Å². The molecule has 0 saturated heterocycles. The van der Waals surface area contributed by atoms with Crippen LogP contribution in [-0.2, 0) is 5.54 Å². The summed E-state index contributed by atoms with van der Waals surface area (Å²) in [5.41, 5.74) is 2.24. The third-order valence-corrected chi connectivity index (χ3v) is 6.16. The van der Waals surface area contributed by atoms with E-state index in [1.54, 1.807) is 5.01 Å². The maximum Gasteiger partial charge on any atom is 0.339 e. The Labute approximate surface area is 185 Å². The molecule has 1 aliphatic rings. The van der Waals surface area contributed by atoms with Crippen LogP contribution in [0.25, 0.3) is 0 Å². The van der Waals surface area contributed by atoms with Gasteiger partial charge in [-0.15, -0.1) is 0 Å². The number of carbonyl (C=O) groups excluding carboxylic acids is 1. The van der Waals surface area contributed by atoms with Crippen LogP contribution in [0.2, 0.25) is 5.02 Å². The number of hydrazone groups is 1. The van der Waals surface area contributed by atoms with Crippen LogP contribution in [0, 0.1) is 0 Å². The van der Waals surface area contributed by atoms with Crippen LogP contribution in [0.1, 0.15) is 70.9 Å². The summed E-state index contributed by atoms with van der Waals surface area (Å²) in [5.74, 6) is 0.0342. The van der Waals surface area contributed by atoms with E-state index < -0.39 is 11.1 Å². The highest BCUT2D eigenvalue weighted by molar-refractivity contribution is 6.30. The van der Waals surface area contributed by atoms with E-state index in [1.807, 2.05) is 68.4 Å². The van der Waals surface area contributed by atoms with E-state index in [2.05, 4.69) is 26.1 Å². The van der Waals surface area contributed by atoms with Crippen molar-refractivity contribution in [3.8, 4) is 0 Å². The fourth-order valence-electron chi connectivity index (χ4n) is 4.21. The minimum Gasteiger partial charge on any atom is -0.328 e. The predicted octanol–water partition coefficient (Wildman–Crippen LogP) is 6.71. The lowest BCUT2D eigenvalue weighted by atomic mass is 9.78. The molecule has 1 aliphatic heterocycles. The maximum atomic E-state index is 13.4. The first-order chi connectivity index (χ1) is 14.2. The molecule has 0 bridgehead atoms. The average Bonchev–Trinajstić information content (AvgIpc) is 2.98. The zero-order valence-electron chi connectivity index (χ0n) is 18.6. The third-order valence-electron chi connectivity index (χ3n) is 5.91. The van der Waals surface area contributed by atoms with Crippen LogP contribution < -0.4 is 5.32 Å². The summed E-state index contributed by atoms with van der Waals surface area (Å²) in [6, 6.07) is 17.7. The van der Waals surface area contributed by atoms with E-state index in [0.29, 0.717) is 5.02 Å². The Morgan fingerprint density at radius 3 is 2.37 bits per heavy atom. The minimum absolute atomic E-state index is 0.0342. The first-order valence-corrected chi connectivity index (χ1v) is 11.1. The number of carbonyl (C=O) groups is 1. The number of urea groups is 1. The van der Waals surface area contributed by atoms with E-state index in [1.165, 1.54) is 0 Å². The van der Waals surface area contributed by atoms with Crippen LogP contribution in [-0.4, -0.2) is 22.3 Å². The molecule has 0 radical (unpaired) electrons. The number of rotatable bonds is 6. The SMILES string of the molecule is CCCCC1=NN(C(=O)NC(C)(C)c2ccccc2)C(C)(C)C1c1ccc(Cl)cc1. The number of nitrogens with one attached hydrogen (secondary N) is 1. The van der Waals surface area contributed by atoms with Gasteiger partial charge < -0.3 is 5.32 Å². The number of nitrogens with zero attached hydrogens (tertiary/aromatic N) is 2. The van der Waals surface area contributed by atoms with Crippen molar-refractivity contribution in [3.63, 3.8) is 0 Å². The summed E-state index contributed by atoms with van der Waals surface area (Å²) in [6.07, 6.45) is 3.00. The second-order valence-electron chi connectivity index (χ2n) is 9.07. The Morgan fingerprint density at radius 2 is 1.77 bits per heavy atom. The summed E-state index contributed by atoms with van der Waals surface area (Å²) in [6.45, 7) is 10.4. The quantitative estimate of drug-likeness (QED) is 0.549. The van der Waals surface area contributed by atoms with Gasteiger partial charge in [0.1, 0.15) is 0 Å². The van der Waals surface area contributed by atoms with Crippen molar-refractivity contribution >= 4 is 23.3 Å². The smallest absolute Gasteiger partial charge is 0.328 e. The monoisotopic (exact) mass is 425 g/mol. The first kappa shape index (κ1) is 22.4. The lowest BCUT2D eigenvalue weighted by Gasteiger charge is -2.37. The zero-order chi connectivity index (χ0) is 21.9. The molecule has 0 aromatic heterocycles. The maximum absolute atomic E-state index is 13.4. The van der Waals surface area contributed by atoms with Gasteiger partial charge in [0.05, 0.1) is 11.1 Å². The molecule has 1 unspecified atom stereocenters. The average molecular weight is 426 g/mol. The molecule has 0 aliphatic carbocycles. The first-order valence-electron chi connectivity index (χ1n) is 10.7. The topological polar surface area (TPSA) is 44.7 Å². The zero-order valence-corrected chi connectivity index (χ0v) is 19.3. The van der Waals surface area contributed by atoms with E-state index in [4.69, 9.17) is 16.7 Å². The lowest BCUT2D eigenvalue weighted by molar-refractivity contribution is 0.138. The molecule has 2 amide bonds. The van der Waals surface area contributed by atoms with Gasteiger partial charge in [0.15, 0.2) is 0 Å². The molecule has 5 heteroatoms. The highest BCUT2D eigenvalue weighted by Gasteiger charge is 2.48. The standard InChI is InChI=1S/C25H32ClN3O/c1-6-7-13-21-22(18-14-16-20(26)17-15-18)25(4,5)29(28-21)23(30)27-24(2,3)19-11-9-8-10-12-19/h8-12,14-17,22H,6-7,13H2,1-5H3,(H,27,30). The van der Waals surface area contributed by atoms with Gasteiger partial charge in [-0.25, -0.2) is 9.80 Å². The molecule has 0 saturated carbocycles. The van der Waals surface area contributed by atoms with Crippen molar-refractivity contribution in [2.45, 2.75) is 70.9 Å². The van der Waals surface area contributed by atoms with Gasteiger partial charge in [0, 0.05) is 16.7 Å². The summed E-state index contributed by atoms with van der Waals surface area (Å²) in [7, 11) is 0. The van der Waals surface area contributed by atoms with Crippen LogP contribution in [0.15, 0.2) is 59.7 Å². The van der Waals surface area contributed by atoms with Crippen LogP contribution >= 0.6 is 11.6 Å². The fourth-order valence-corrected chi connectivity index (χ4v) is 4.33. The Balaban J connectivity index is 1.90. The van der Waals surface area contributed by atoms with Gasteiger partial charge in [-0.1, -0.05) is 67.4 Å². The molecule has 0 spiro atoms. The third kappa shape index (κ3) is 4.54. The molecule has 1 heterocycles. The van der Waals surface area contributed by atoms with Crippen molar-refractivity contribution in [1.29, 1.82) is 0 Å².